The quantitative estimate of drug-likeness (QED) is 0.191. The van der Waals surface area contributed by atoms with Crippen LogP contribution in [0.3, 0.4) is 0 Å². The maximum Gasteiger partial charge on any atom is 0.488 e. The van der Waals surface area contributed by atoms with Crippen LogP contribution in [0.4, 0.5) is 0 Å². The Morgan fingerprint density at radius 2 is 1.37 bits per heavy atom. The highest BCUT2D eigenvalue weighted by atomic mass is 16.4. The molecule has 2 N–H and O–H groups in total. The second-order valence-electron chi connectivity index (χ2n) is 10.4. The zero-order valence-electron chi connectivity index (χ0n) is 24.6. The molecule has 43 heavy (non-hydrogen) atoms. The molecule has 0 aliphatic heterocycles. The molecule has 0 fully saturated rings. The standard InChI is InChI=1S/C26H23BO3.C13H12/c1-3-8-22-24-12-7-11-23(26(24)30-25(22)4-2)21-10-6-5-9-19(21)17-18-13-15-20(16-14-18)27(28)29;1-11-7-9-13(10-8-11)12-5-3-2-4-6-12/h3-16,28-29H,2,17H2,1H3;2-10H,1H3/b8-3-;. The molecular formula is C39H35BO3. The molecule has 0 aliphatic rings. The maximum absolute atomic E-state index is 9.31. The van der Waals surface area contributed by atoms with E-state index in [1.165, 1.54) is 22.3 Å². The van der Waals surface area contributed by atoms with Crippen LogP contribution in [0.1, 0.15) is 34.9 Å². The van der Waals surface area contributed by atoms with E-state index in [0.29, 0.717) is 5.46 Å². The Morgan fingerprint density at radius 1 is 0.721 bits per heavy atom. The van der Waals surface area contributed by atoms with E-state index in [-0.39, 0.29) is 0 Å². The van der Waals surface area contributed by atoms with Crippen LogP contribution in [0.2, 0.25) is 0 Å². The van der Waals surface area contributed by atoms with Crippen LogP contribution >= 0.6 is 0 Å². The summed E-state index contributed by atoms with van der Waals surface area (Å²) in [6.45, 7) is 8.00. The molecule has 0 radical (unpaired) electrons. The maximum atomic E-state index is 9.31. The average Bonchev–Trinajstić information content (AvgIpc) is 3.41. The Balaban J connectivity index is 0.000000235. The van der Waals surface area contributed by atoms with E-state index in [0.717, 1.165) is 45.4 Å². The zero-order chi connectivity index (χ0) is 30.2. The molecule has 3 nitrogen and oxygen atoms in total. The Hall–Kier alpha value is -4.90. The fourth-order valence-corrected chi connectivity index (χ4v) is 5.20. The van der Waals surface area contributed by atoms with Gasteiger partial charge in [0, 0.05) is 16.5 Å². The van der Waals surface area contributed by atoms with Gasteiger partial charge in [-0.05, 0) is 59.6 Å². The number of benzene rings is 5. The Labute approximate surface area is 254 Å². The van der Waals surface area contributed by atoms with Crippen molar-refractivity contribution < 1.29 is 14.5 Å². The largest absolute Gasteiger partial charge is 0.488 e. The van der Waals surface area contributed by atoms with E-state index in [1.54, 1.807) is 18.2 Å². The number of hydrogen-bond acceptors (Lipinski definition) is 3. The van der Waals surface area contributed by atoms with Gasteiger partial charge in [-0.25, -0.2) is 0 Å². The summed E-state index contributed by atoms with van der Waals surface area (Å²) >= 11 is 0. The molecule has 0 unspecified atom stereocenters. The summed E-state index contributed by atoms with van der Waals surface area (Å²) in [7, 11) is -1.45. The topological polar surface area (TPSA) is 53.6 Å². The van der Waals surface area contributed by atoms with Crippen molar-refractivity contribution >= 4 is 35.7 Å². The third kappa shape index (κ3) is 6.95. The fourth-order valence-electron chi connectivity index (χ4n) is 5.20. The van der Waals surface area contributed by atoms with Crippen LogP contribution in [0.15, 0.2) is 138 Å². The smallest absolute Gasteiger partial charge is 0.455 e. The molecule has 6 aromatic rings. The third-order valence-corrected chi connectivity index (χ3v) is 7.44. The highest BCUT2D eigenvalue weighted by molar-refractivity contribution is 6.58. The highest BCUT2D eigenvalue weighted by Crippen LogP contribution is 2.37. The van der Waals surface area contributed by atoms with Crippen LogP contribution in [0.5, 0.6) is 0 Å². The van der Waals surface area contributed by atoms with Gasteiger partial charge in [-0.3, -0.25) is 0 Å². The van der Waals surface area contributed by atoms with Crippen LogP contribution in [-0.2, 0) is 6.42 Å². The SMILES string of the molecule is C=Cc1oc2c(-c3ccccc3Cc3ccc(B(O)O)cc3)cccc2c1/C=C\C.Cc1ccc(-c2ccccc2)cc1. The minimum Gasteiger partial charge on any atom is -0.455 e. The second-order valence-corrected chi connectivity index (χ2v) is 10.4. The first kappa shape index (κ1) is 29.6. The van der Waals surface area contributed by atoms with E-state index in [1.807, 2.05) is 43.3 Å². The molecule has 1 heterocycles. The van der Waals surface area contributed by atoms with Crippen molar-refractivity contribution in [3.63, 3.8) is 0 Å². The molecule has 0 spiro atoms. The number of para-hydroxylation sites is 1. The first-order valence-electron chi connectivity index (χ1n) is 14.4. The zero-order valence-corrected chi connectivity index (χ0v) is 24.6. The normalized spacial score (nSPS) is 10.9. The summed E-state index contributed by atoms with van der Waals surface area (Å²) in [6.07, 6.45) is 6.54. The number of fused-ring (bicyclic) bond motifs is 1. The number of furan rings is 1. The second kappa shape index (κ2) is 13.8. The molecule has 0 saturated carbocycles. The molecule has 4 heteroatoms. The summed E-state index contributed by atoms with van der Waals surface area (Å²) in [5, 5.41) is 19.7. The molecule has 6 rings (SSSR count). The lowest BCUT2D eigenvalue weighted by Crippen LogP contribution is -2.29. The first-order chi connectivity index (χ1) is 21.0. The van der Waals surface area contributed by atoms with E-state index in [2.05, 4.69) is 98.4 Å². The molecule has 0 aliphatic carbocycles. The van der Waals surface area contributed by atoms with Gasteiger partial charge in [0.25, 0.3) is 0 Å². The molecule has 212 valence electrons. The minimum absolute atomic E-state index is 0.487. The lowest BCUT2D eigenvalue weighted by molar-refractivity contribution is 0.426. The van der Waals surface area contributed by atoms with Gasteiger partial charge in [0.15, 0.2) is 0 Å². The number of aryl methyl sites for hydroxylation is 1. The van der Waals surface area contributed by atoms with Gasteiger partial charge in [0.2, 0.25) is 0 Å². The van der Waals surface area contributed by atoms with Crippen molar-refractivity contribution in [1.82, 2.24) is 0 Å². The van der Waals surface area contributed by atoms with Crippen molar-refractivity contribution in [3.05, 3.63) is 162 Å². The van der Waals surface area contributed by atoms with Gasteiger partial charge in [0.05, 0.1) is 0 Å². The van der Waals surface area contributed by atoms with Crippen molar-refractivity contribution in [2.24, 2.45) is 0 Å². The van der Waals surface area contributed by atoms with Crippen LogP contribution in [-0.4, -0.2) is 17.2 Å². The lowest BCUT2D eigenvalue weighted by Gasteiger charge is -2.11. The van der Waals surface area contributed by atoms with Gasteiger partial charge >= 0.3 is 7.12 Å². The predicted octanol–water partition coefficient (Wildman–Crippen LogP) is 8.71. The molecule has 5 aromatic carbocycles. The minimum atomic E-state index is -1.45. The van der Waals surface area contributed by atoms with E-state index in [9.17, 15) is 10.0 Å². The van der Waals surface area contributed by atoms with E-state index >= 15 is 0 Å². The first-order valence-corrected chi connectivity index (χ1v) is 14.4. The molecule has 0 bridgehead atoms. The van der Waals surface area contributed by atoms with Gasteiger partial charge < -0.3 is 14.5 Å². The van der Waals surface area contributed by atoms with Crippen LogP contribution in [0, 0.1) is 6.92 Å². The van der Waals surface area contributed by atoms with Gasteiger partial charge in [-0.2, -0.15) is 0 Å². The average molecular weight is 563 g/mol. The van der Waals surface area contributed by atoms with Crippen molar-refractivity contribution in [1.29, 1.82) is 0 Å². The summed E-state index contributed by atoms with van der Waals surface area (Å²) in [4.78, 5) is 0. The fraction of sp³-hybridized carbons (Fsp3) is 0.0769. The highest BCUT2D eigenvalue weighted by Gasteiger charge is 2.16. The molecule has 1 aromatic heterocycles. The van der Waals surface area contributed by atoms with Gasteiger partial charge in [-0.15, -0.1) is 0 Å². The van der Waals surface area contributed by atoms with Crippen molar-refractivity contribution in [2.45, 2.75) is 20.3 Å². The summed E-state index contributed by atoms with van der Waals surface area (Å²) < 4.78 is 6.21. The Kier molecular flexibility index (Phi) is 9.53. The Bertz CT molecular complexity index is 1830. The molecule has 0 saturated heterocycles. The Morgan fingerprint density at radius 3 is 2.05 bits per heavy atom. The summed E-state index contributed by atoms with van der Waals surface area (Å²) in [5.74, 6) is 0.770. The summed E-state index contributed by atoms with van der Waals surface area (Å²) in [5.41, 5.74) is 10.7. The van der Waals surface area contributed by atoms with Crippen LogP contribution < -0.4 is 5.46 Å². The van der Waals surface area contributed by atoms with Gasteiger partial charge in [0.1, 0.15) is 11.3 Å². The van der Waals surface area contributed by atoms with Crippen molar-refractivity contribution in [3.8, 4) is 22.3 Å². The number of hydrogen-bond donors (Lipinski definition) is 2. The molecular weight excluding hydrogens is 527 g/mol. The van der Waals surface area contributed by atoms with Gasteiger partial charge in [-0.1, -0.05) is 146 Å². The number of allylic oxidation sites excluding steroid dienone is 1. The lowest BCUT2D eigenvalue weighted by atomic mass is 9.80. The summed E-state index contributed by atoms with van der Waals surface area (Å²) in [6, 6.07) is 40.9. The molecule has 0 amide bonds. The van der Waals surface area contributed by atoms with E-state index in [4.69, 9.17) is 4.42 Å². The molecule has 0 atom stereocenters. The van der Waals surface area contributed by atoms with Crippen molar-refractivity contribution in [2.75, 3.05) is 0 Å². The monoisotopic (exact) mass is 562 g/mol. The van der Waals surface area contributed by atoms with E-state index < -0.39 is 7.12 Å². The number of rotatable bonds is 7. The third-order valence-electron chi connectivity index (χ3n) is 7.44. The van der Waals surface area contributed by atoms with Crippen LogP contribution in [0.25, 0.3) is 45.4 Å². The predicted molar refractivity (Wildman–Crippen MR) is 182 cm³/mol.